The summed E-state index contributed by atoms with van der Waals surface area (Å²) in [6.45, 7) is 2.39. The van der Waals surface area contributed by atoms with Crippen LogP contribution in [-0.2, 0) is 10.0 Å². The van der Waals surface area contributed by atoms with Crippen LogP contribution in [0.25, 0.3) is 11.1 Å². The molecule has 0 spiro atoms. The summed E-state index contributed by atoms with van der Waals surface area (Å²) in [5.41, 5.74) is 4.08. The van der Waals surface area contributed by atoms with Crippen LogP contribution in [0.1, 0.15) is 16.4 Å². The Labute approximate surface area is 147 Å². The summed E-state index contributed by atoms with van der Waals surface area (Å²) in [6, 6.07) is 16.0. The molecule has 0 amide bonds. The van der Waals surface area contributed by atoms with Gasteiger partial charge in [-0.1, -0.05) is 54.6 Å². The molecule has 0 radical (unpaired) electrons. The van der Waals surface area contributed by atoms with Gasteiger partial charge in [0.05, 0.1) is 0 Å². The molecule has 0 saturated carbocycles. The lowest BCUT2D eigenvalue weighted by atomic mass is 9.97. The summed E-state index contributed by atoms with van der Waals surface area (Å²) in [5, 5.41) is -0.657. The van der Waals surface area contributed by atoms with Gasteiger partial charge < -0.3 is 4.90 Å². The molecular weight excluding hydrogens is 332 g/mol. The van der Waals surface area contributed by atoms with E-state index in [0.717, 1.165) is 22.3 Å². The zero-order valence-corrected chi connectivity index (χ0v) is 14.6. The summed E-state index contributed by atoms with van der Waals surface area (Å²) in [7, 11) is -3.58. The highest BCUT2D eigenvalue weighted by atomic mass is 32.2. The molecule has 0 fully saturated rings. The van der Waals surface area contributed by atoms with Crippen molar-refractivity contribution in [3.05, 3.63) is 84.1 Å². The second kappa shape index (κ2) is 6.01. The van der Waals surface area contributed by atoms with Crippen molar-refractivity contribution in [2.24, 2.45) is 4.40 Å². The third kappa shape index (κ3) is 2.91. The van der Waals surface area contributed by atoms with Gasteiger partial charge >= 0.3 is 0 Å². The van der Waals surface area contributed by atoms with Crippen LogP contribution in [0.4, 0.5) is 0 Å². The third-order valence-corrected chi connectivity index (χ3v) is 6.15. The van der Waals surface area contributed by atoms with E-state index >= 15 is 0 Å². The van der Waals surface area contributed by atoms with Crippen molar-refractivity contribution in [1.29, 1.82) is 0 Å². The zero-order valence-electron chi connectivity index (χ0n) is 13.8. The fraction of sp³-hybridized carbons (Fsp3) is 0.150. The Hall–Kier alpha value is -2.66. The van der Waals surface area contributed by atoms with Crippen LogP contribution in [0, 0.1) is 6.92 Å². The van der Waals surface area contributed by atoms with E-state index in [1.165, 1.54) is 0 Å². The predicted molar refractivity (Wildman–Crippen MR) is 101 cm³/mol. The minimum atomic E-state index is -3.58. The maximum absolute atomic E-state index is 12.6. The number of aryl methyl sites for hydroxylation is 1. The van der Waals surface area contributed by atoms with Gasteiger partial charge in [0.25, 0.3) is 10.0 Å². The summed E-state index contributed by atoms with van der Waals surface area (Å²) < 4.78 is 29.2. The minimum absolute atomic E-state index is 0.381. The summed E-state index contributed by atoms with van der Waals surface area (Å²) in [6.07, 6.45) is 7.27. The quantitative estimate of drug-likeness (QED) is 0.827. The van der Waals surface area contributed by atoms with Crippen LogP contribution < -0.4 is 0 Å². The van der Waals surface area contributed by atoms with Gasteiger partial charge in [0.1, 0.15) is 11.1 Å². The van der Waals surface area contributed by atoms with Gasteiger partial charge in [0.15, 0.2) is 0 Å². The number of rotatable bonds is 2. The van der Waals surface area contributed by atoms with Crippen molar-refractivity contribution in [3.8, 4) is 11.1 Å². The zero-order chi connectivity index (χ0) is 17.4. The third-order valence-electron chi connectivity index (χ3n) is 4.57. The molecule has 0 saturated heterocycles. The molecule has 2 aliphatic heterocycles. The highest BCUT2D eigenvalue weighted by Gasteiger charge is 2.34. The normalized spacial score (nSPS) is 20.9. The number of allylic oxidation sites excluding steroid dienone is 2. The van der Waals surface area contributed by atoms with E-state index in [1.54, 1.807) is 12.2 Å². The molecule has 2 heterocycles. The largest absolute Gasteiger partial charge is 0.331 e. The molecule has 4 rings (SSSR count). The first kappa shape index (κ1) is 15.8. The molecule has 2 aliphatic rings. The molecular formula is C20H18N2O2S. The van der Waals surface area contributed by atoms with Crippen LogP contribution in [0.5, 0.6) is 0 Å². The number of hydrogen-bond donors (Lipinski definition) is 0. The standard InChI is InChI=1S/C20H18N2O2S/c1-15-13-17(10-11-18(15)16-7-3-2-4-8-16)19-14-22-12-6-5-9-20(22)21-25(19,23)24/h2-13,19H,14H2,1H3. The Morgan fingerprint density at radius 2 is 1.88 bits per heavy atom. The molecule has 4 nitrogen and oxygen atoms in total. The molecule has 1 atom stereocenters. The van der Waals surface area contributed by atoms with Crippen molar-refractivity contribution in [3.63, 3.8) is 0 Å². The van der Waals surface area contributed by atoms with Crippen molar-refractivity contribution >= 4 is 15.9 Å². The molecule has 2 aromatic rings. The molecule has 5 heteroatoms. The molecule has 25 heavy (non-hydrogen) atoms. The van der Waals surface area contributed by atoms with E-state index in [0.29, 0.717) is 12.4 Å². The second-order valence-corrected chi connectivity index (χ2v) is 8.03. The smallest absolute Gasteiger partial charge is 0.263 e. The van der Waals surface area contributed by atoms with Gasteiger partial charge in [-0.15, -0.1) is 4.40 Å². The summed E-state index contributed by atoms with van der Waals surface area (Å²) >= 11 is 0. The fourth-order valence-electron chi connectivity index (χ4n) is 3.28. The Morgan fingerprint density at radius 3 is 2.64 bits per heavy atom. The Morgan fingerprint density at radius 1 is 1.08 bits per heavy atom. The maximum atomic E-state index is 12.6. The number of amidine groups is 1. The van der Waals surface area contributed by atoms with Gasteiger partial charge in [-0.3, -0.25) is 0 Å². The molecule has 0 aromatic heterocycles. The van der Waals surface area contributed by atoms with Crippen LogP contribution in [-0.4, -0.2) is 25.7 Å². The van der Waals surface area contributed by atoms with Crippen LogP contribution in [0.2, 0.25) is 0 Å². The Kier molecular flexibility index (Phi) is 3.81. The maximum Gasteiger partial charge on any atom is 0.263 e. The number of benzene rings is 2. The monoisotopic (exact) mass is 350 g/mol. The number of hydrogen-bond acceptors (Lipinski definition) is 3. The molecule has 0 bridgehead atoms. The first-order chi connectivity index (χ1) is 12.0. The van der Waals surface area contributed by atoms with Gasteiger partial charge in [-0.2, -0.15) is 0 Å². The summed E-state index contributed by atoms with van der Waals surface area (Å²) in [5.74, 6) is 0.483. The van der Waals surface area contributed by atoms with E-state index in [2.05, 4.69) is 16.5 Å². The van der Waals surface area contributed by atoms with E-state index in [9.17, 15) is 8.42 Å². The van der Waals surface area contributed by atoms with Crippen molar-refractivity contribution < 1.29 is 8.42 Å². The lowest BCUT2D eigenvalue weighted by molar-refractivity contribution is 0.506. The first-order valence-corrected chi connectivity index (χ1v) is 9.66. The number of sulfonamides is 1. The molecule has 0 aliphatic carbocycles. The average Bonchev–Trinajstić information content (AvgIpc) is 2.61. The predicted octanol–water partition coefficient (Wildman–Crippen LogP) is 3.83. The van der Waals surface area contributed by atoms with Crippen molar-refractivity contribution in [2.75, 3.05) is 6.54 Å². The summed E-state index contributed by atoms with van der Waals surface area (Å²) in [4.78, 5) is 1.88. The number of fused-ring (bicyclic) bond motifs is 1. The van der Waals surface area contributed by atoms with Crippen LogP contribution >= 0.6 is 0 Å². The van der Waals surface area contributed by atoms with Gasteiger partial charge in [-0.25, -0.2) is 8.42 Å². The van der Waals surface area contributed by atoms with E-state index in [1.807, 2.05) is 60.5 Å². The second-order valence-electron chi connectivity index (χ2n) is 6.25. The molecule has 126 valence electrons. The highest BCUT2D eigenvalue weighted by molar-refractivity contribution is 7.90. The number of nitrogens with zero attached hydrogens (tertiary/aromatic N) is 2. The molecule has 1 unspecified atom stereocenters. The Balaban J connectivity index is 1.73. The van der Waals surface area contributed by atoms with Gasteiger partial charge in [-0.05, 0) is 41.3 Å². The molecule has 0 N–H and O–H groups in total. The van der Waals surface area contributed by atoms with Gasteiger partial charge in [0.2, 0.25) is 0 Å². The minimum Gasteiger partial charge on any atom is -0.331 e. The van der Waals surface area contributed by atoms with E-state index in [4.69, 9.17) is 0 Å². The van der Waals surface area contributed by atoms with E-state index in [-0.39, 0.29) is 0 Å². The van der Waals surface area contributed by atoms with Crippen molar-refractivity contribution in [2.45, 2.75) is 12.2 Å². The topological polar surface area (TPSA) is 49.7 Å². The fourth-order valence-corrected chi connectivity index (χ4v) is 4.67. The lowest BCUT2D eigenvalue weighted by Crippen LogP contribution is -2.38. The highest BCUT2D eigenvalue weighted by Crippen LogP contribution is 2.33. The van der Waals surface area contributed by atoms with Crippen LogP contribution in [0.3, 0.4) is 0 Å². The molecule has 2 aromatic carbocycles. The van der Waals surface area contributed by atoms with Crippen molar-refractivity contribution in [1.82, 2.24) is 4.90 Å². The lowest BCUT2D eigenvalue weighted by Gasteiger charge is -2.31. The SMILES string of the molecule is Cc1cc(C2CN3C=CC=CC3=NS2(=O)=O)ccc1-c1ccccc1. The van der Waals surface area contributed by atoms with E-state index < -0.39 is 15.3 Å². The first-order valence-electron chi connectivity index (χ1n) is 8.16. The average molecular weight is 350 g/mol. The van der Waals surface area contributed by atoms with Crippen LogP contribution in [0.15, 0.2) is 77.4 Å². The van der Waals surface area contributed by atoms with Gasteiger partial charge in [0, 0.05) is 12.7 Å². The Bertz CT molecular complexity index is 1010.